The van der Waals surface area contributed by atoms with Gasteiger partial charge in [0.15, 0.2) is 0 Å². The molecule has 0 aromatic heterocycles. The number of hydrogen-bond acceptors (Lipinski definition) is 2. The van der Waals surface area contributed by atoms with Crippen molar-refractivity contribution in [3.8, 4) is 5.75 Å². The second kappa shape index (κ2) is 7.77. The maximum Gasteiger partial charge on any atom is 0.339 e. The summed E-state index contributed by atoms with van der Waals surface area (Å²) >= 11 is 5.75. The third-order valence-electron chi connectivity index (χ3n) is 2.48. The topological polar surface area (TPSA) is 46.5 Å². The van der Waals surface area contributed by atoms with Gasteiger partial charge in [0.05, 0.1) is 6.61 Å². The Morgan fingerprint density at radius 3 is 2.83 bits per heavy atom. The lowest BCUT2D eigenvalue weighted by molar-refractivity contribution is 0.0692. The molecule has 0 unspecified atom stereocenters. The molecule has 4 heteroatoms. The Labute approximate surface area is 112 Å². The Morgan fingerprint density at radius 1 is 1.39 bits per heavy atom. The molecule has 3 nitrogen and oxygen atoms in total. The quantitative estimate of drug-likeness (QED) is 0.569. The van der Waals surface area contributed by atoms with Crippen LogP contribution in [0.4, 0.5) is 0 Å². The van der Waals surface area contributed by atoms with Crippen LogP contribution in [-0.2, 0) is 0 Å². The van der Waals surface area contributed by atoms with Crippen LogP contribution in [0, 0.1) is 0 Å². The molecule has 0 aliphatic heterocycles. The van der Waals surface area contributed by atoms with Crippen molar-refractivity contribution in [1.82, 2.24) is 0 Å². The molecule has 0 saturated carbocycles. The summed E-state index contributed by atoms with van der Waals surface area (Å²) in [6.07, 6.45) is 5.92. The summed E-state index contributed by atoms with van der Waals surface area (Å²) in [5.41, 5.74) is 0.105. The van der Waals surface area contributed by atoms with Crippen LogP contribution in [0.3, 0.4) is 0 Å². The number of unbranched alkanes of at least 4 members (excludes halogenated alkanes) is 3. The number of hydrogen-bond donors (Lipinski definition) is 1. The van der Waals surface area contributed by atoms with Crippen molar-refractivity contribution < 1.29 is 14.6 Å². The smallest absolute Gasteiger partial charge is 0.339 e. The summed E-state index contributed by atoms with van der Waals surface area (Å²) in [6.45, 7) is 4.17. The van der Waals surface area contributed by atoms with Gasteiger partial charge >= 0.3 is 5.97 Å². The maximum atomic E-state index is 11.0. The Kier molecular flexibility index (Phi) is 6.29. The molecule has 0 atom stereocenters. The molecule has 0 bridgehead atoms. The number of halogens is 1. The van der Waals surface area contributed by atoms with E-state index >= 15 is 0 Å². The average molecular weight is 269 g/mol. The van der Waals surface area contributed by atoms with Crippen LogP contribution >= 0.6 is 11.6 Å². The third kappa shape index (κ3) is 4.80. The van der Waals surface area contributed by atoms with Gasteiger partial charge in [0.25, 0.3) is 0 Å². The van der Waals surface area contributed by atoms with Crippen LogP contribution in [0.5, 0.6) is 5.75 Å². The minimum Gasteiger partial charge on any atom is -0.493 e. The molecule has 0 aliphatic carbocycles. The van der Waals surface area contributed by atoms with Gasteiger partial charge < -0.3 is 9.84 Å². The number of carboxylic acids is 1. The molecule has 0 aliphatic rings. The van der Waals surface area contributed by atoms with Crippen LogP contribution in [0.25, 0.3) is 0 Å². The van der Waals surface area contributed by atoms with Gasteiger partial charge in [-0.15, -0.1) is 6.58 Å². The van der Waals surface area contributed by atoms with E-state index in [1.165, 1.54) is 6.07 Å². The molecule has 1 aromatic carbocycles. The standard InChI is InChI=1S/C14H17ClO3/c1-2-3-4-5-6-9-18-13-8-7-11(15)10-12(13)14(16)17/h2,7-8,10H,1,3-6,9H2,(H,16,17). The second-order valence-corrected chi connectivity index (χ2v) is 4.37. The highest BCUT2D eigenvalue weighted by molar-refractivity contribution is 6.31. The first-order valence-electron chi connectivity index (χ1n) is 5.91. The van der Waals surface area contributed by atoms with E-state index in [1.807, 2.05) is 6.08 Å². The fourth-order valence-electron chi connectivity index (χ4n) is 1.54. The molecular weight excluding hydrogens is 252 g/mol. The van der Waals surface area contributed by atoms with Gasteiger partial charge in [0.2, 0.25) is 0 Å². The lowest BCUT2D eigenvalue weighted by Gasteiger charge is -2.09. The fourth-order valence-corrected chi connectivity index (χ4v) is 1.72. The number of allylic oxidation sites excluding steroid dienone is 1. The van der Waals surface area contributed by atoms with E-state index in [-0.39, 0.29) is 5.56 Å². The molecule has 0 heterocycles. The highest BCUT2D eigenvalue weighted by Crippen LogP contribution is 2.23. The van der Waals surface area contributed by atoms with Crippen LogP contribution in [0.1, 0.15) is 36.0 Å². The van der Waals surface area contributed by atoms with Gasteiger partial charge in [-0.05, 0) is 43.9 Å². The molecular formula is C14H17ClO3. The molecule has 0 radical (unpaired) electrons. The summed E-state index contributed by atoms with van der Waals surface area (Å²) < 4.78 is 5.47. The van der Waals surface area contributed by atoms with Gasteiger partial charge in [-0.3, -0.25) is 0 Å². The van der Waals surface area contributed by atoms with E-state index in [0.29, 0.717) is 17.4 Å². The normalized spacial score (nSPS) is 10.1. The van der Waals surface area contributed by atoms with E-state index in [1.54, 1.807) is 12.1 Å². The van der Waals surface area contributed by atoms with Crippen molar-refractivity contribution in [2.24, 2.45) is 0 Å². The van der Waals surface area contributed by atoms with Gasteiger partial charge in [-0.1, -0.05) is 17.7 Å². The van der Waals surface area contributed by atoms with E-state index in [4.69, 9.17) is 21.4 Å². The Bertz CT molecular complexity index is 416. The second-order valence-electron chi connectivity index (χ2n) is 3.93. The molecule has 1 N–H and O–H groups in total. The molecule has 0 fully saturated rings. The average Bonchev–Trinajstić information content (AvgIpc) is 2.35. The van der Waals surface area contributed by atoms with Crippen molar-refractivity contribution in [2.45, 2.75) is 25.7 Å². The highest BCUT2D eigenvalue weighted by Gasteiger charge is 2.11. The van der Waals surface area contributed by atoms with Crippen molar-refractivity contribution in [3.05, 3.63) is 41.4 Å². The number of rotatable bonds is 8. The number of benzene rings is 1. The van der Waals surface area contributed by atoms with Crippen LogP contribution < -0.4 is 4.74 Å². The first-order chi connectivity index (χ1) is 8.65. The summed E-state index contributed by atoms with van der Waals surface area (Å²) in [5, 5.41) is 9.41. The van der Waals surface area contributed by atoms with Gasteiger partial charge in [0, 0.05) is 5.02 Å². The van der Waals surface area contributed by atoms with E-state index in [2.05, 4.69) is 6.58 Å². The van der Waals surface area contributed by atoms with Crippen molar-refractivity contribution in [2.75, 3.05) is 6.61 Å². The SMILES string of the molecule is C=CCCCCCOc1ccc(Cl)cc1C(=O)O. The summed E-state index contributed by atoms with van der Waals surface area (Å²) in [5.74, 6) is -0.658. The predicted octanol–water partition coefficient (Wildman–Crippen LogP) is 4.16. The molecule has 1 aromatic rings. The van der Waals surface area contributed by atoms with Gasteiger partial charge in [-0.2, -0.15) is 0 Å². The Balaban J connectivity index is 2.46. The zero-order valence-electron chi connectivity index (χ0n) is 10.2. The summed E-state index contributed by atoms with van der Waals surface area (Å²) in [4.78, 5) is 11.0. The van der Waals surface area contributed by atoms with Crippen molar-refractivity contribution in [3.63, 3.8) is 0 Å². The number of ether oxygens (including phenoxy) is 1. The van der Waals surface area contributed by atoms with Crippen LogP contribution in [-0.4, -0.2) is 17.7 Å². The van der Waals surface area contributed by atoms with Crippen LogP contribution in [0.2, 0.25) is 5.02 Å². The fraction of sp³-hybridized carbons (Fsp3) is 0.357. The van der Waals surface area contributed by atoms with Crippen molar-refractivity contribution >= 4 is 17.6 Å². The summed E-state index contributed by atoms with van der Waals surface area (Å²) in [7, 11) is 0. The number of carboxylic acid groups (broad SMARTS) is 1. The van der Waals surface area contributed by atoms with Gasteiger partial charge in [-0.25, -0.2) is 4.79 Å². The first kappa shape index (κ1) is 14.6. The minimum atomic E-state index is -1.03. The van der Waals surface area contributed by atoms with E-state index in [0.717, 1.165) is 25.7 Å². The van der Waals surface area contributed by atoms with Gasteiger partial charge in [0.1, 0.15) is 11.3 Å². The molecule has 1 rings (SSSR count). The van der Waals surface area contributed by atoms with Crippen molar-refractivity contribution in [1.29, 1.82) is 0 Å². The molecule has 0 saturated heterocycles. The molecule has 18 heavy (non-hydrogen) atoms. The largest absolute Gasteiger partial charge is 0.493 e. The predicted molar refractivity (Wildman–Crippen MR) is 72.6 cm³/mol. The molecule has 0 spiro atoms. The Hall–Kier alpha value is -1.48. The number of carbonyl (C=O) groups is 1. The van der Waals surface area contributed by atoms with E-state index < -0.39 is 5.97 Å². The van der Waals surface area contributed by atoms with Crippen LogP contribution in [0.15, 0.2) is 30.9 Å². The zero-order valence-corrected chi connectivity index (χ0v) is 10.9. The summed E-state index contributed by atoms with van der Waals surface area (Å²) in [6, 6.07) is 4.62. The maximum absolute atomic E-state index is 11.0. The number of aromatic carboxylic acids is 1. The lowest BCUT2D eigenvalue weighted by Crippen LogP contribution is -2.04. The highest BCUT2D eigenvalue weighted by atomic mass is 35.5. The lowest BCUT2D eigenvalue weighted by atomic mass is 10.2. The molecule has 98 valence electrons. The third-order valence-corrected chi connectivity index (χ3v) is 2.72. The Morgan fingerprint density at radius 2 is 2.17 bits per heavy atom. The zero-order chi connectivity index (χ0) is 13.4. The van der Waals surface area contributed by atoms with E-state index in [9.17, 15) is 4.79 Å². The minimum absolute atomic E-state index is 0.105. The molecule has 0 amide bonds. The monoisotopic (exact) mass is 268 g/mol. The first-order valence-corrected chi connectivity index (χ1v) is 6.29.